The topological polar surface area (TPSA) is 62.7 Å². The Kier molecular flexibility index (Phi) is 2.74. The van der Waals surface area contributed by atoms with Gasteiger partial charge >= 0.3 is 0 Å². The van der Waals surface area contributed by atoms with Crippen molar-refractivity contribution >= 4 is 0 Å². The van der Waals surface area contributed by atoms with E-state index in [1.807, 2.05) is 0 Å². The molecule has 1 aromatic heterocycles. The maximum absolute atomic E-state index is 9.53. The minimum Gasteiger partial charge on any atom is -0.338 e. The zero-order valence-electron chi connectivity index (χ0n) is 11.4. The smallest absolute Gasteiger partial charge is 0.247 e. The second kappa shape index (κ2) is 4.19. The normalized spacial score (nSPS) is 24.5. The molecule has 0 bridgehead atoms. The Bertz CT molecular complexity index is 538. The van der Waals surface area contributed by atoms with Crippen molar-refractivity contribution in [2.45, 2.75) is 62.7 Å². The molecule has 2 aliphatic carbocycles. The van der Waals surface area contributed by atoms with Gasteiger partial charge in [-0.3, -0.25) is 0 Å². The summed E-state index contributed by atoms with van der Waals surface area (Å²) in [5.41, 5.74) is 0.659. The number of rotatable bonds is 2. The number of hydrogen-bond acceptors (Lipinski definition) is 4. The number of nitrogens with zero attached hydrogens (tertiary/aromatic N) is 3. The fourth-order valence-electron chi connectivity index (χ4n) is 3.40. The van der Waals surface area contributed by atoms with Crippen LogP contribution in [-0.2, 0) is 10.8 Å². The quantitative estimate of drug-likeness (QED) is 0.762. The Hall–Kier alpha value is -1.63. The van der Waals surface area contributed by atoms with Crippen LogP contribution in [0.1, 0.15) is 63.6 Å². The van der Waals surface area contributed by atoms with E-state index < -0.39 is 5.41 Å². The van der Waals surface area contributed by atoms with Crippen LogP contribution < -0.4 is 0 Å². The lowest BCUT2D eigenvalue weighted by molar-refractivity contribution is 0.259. The van der Waals surface area contributed by atoms with Gasteiger partial charge in [0.25, 0.3) is 0 Å². The SMILES string of the molecule is C=C1CC(C)(c2noc(C3(C#N)CCCCC3)n2)C1. The van der Waals surface area contributed by atoms with Crippen LogP contribution in [0.5, 0.6) is 0 Å². The van der Waals surface area contributed by atoms with E-state index in [2.05, 4.69) is 29.7 Å². The summed E-state index contributed by atoms with van der Waals surface area (Å²) in [4.78, 5) is 4.56. The van der Waals surface area contributed by atoms with Gasteiger partial charge in [-0.05, 0) is 25.7 Å². The molecule has 100 valence electrons. The Labute approximate surface area is 113 Å². The second-order valence-corrected chi connectivity index (χ2v) is 6.34. The molecule has 0 atom stereocenters. The molecule has 19 heavy (non-hydrogen) atoms. The minimum atomic E-state index is -0.541. The molecule has 0 aliphatic heterocycles. The van der Waals surface area contributed by atoms with Crippen LogP contribution in [0.2, 0.25) is 0 Å². The van der Waals surface area contributed by atoms with Crippen LogP contribution in [0.3, 0.4) is 0 Å². The first kappa shape index (κ1) is 12.4. The van der Waals surface area contributed by atoms with Crippen molar-refractivity contribution in [1.29, 1.82) is 5.26 Å². The highest BCUT2D eigenvalue weighted by atomic mass is 16.5. The second-order valence-electron chi connectivity index (χ2n) is 6.34. The molecular formula is C15H19N3O. The van der Waals surface area contributed by atoms with Gasteiger partial charge in [0, 0.05) is 5.41 Å². The molecule has 0 spiro atoms. The standard InChI is InChI=1S/C15H19N3O/c1-11-8-14(2,9-11)12-17-13(19-18-12)15(10-16)6-4-3-5-7-15/h1,3-9H2,2H3. The monoisotopic (exact) mass is 257 g/mol. The third-order valence-corrected chi connectivity index (χ3v) is 4.58. The largest absolute Gasteiger partial charge is 0.338 e. The number of allylic oxidation sites excluding steroid dienone is 1. The van der Waals surface area contributed by atoms with Crippen molar-refractivity contribution < 1.29 is 4.52 Å². The van der Waals surface area contributed by atoms with E-state index in [0.29, 0.717) is 5.89 Å². The van der Waals surface area contributed by atoms with Crippen LogP contribution in [0.4, 0.5) is 0 Å². The summed E-state index contributed by atoms with van der Waals surface area (Å²) in [5, 5.41) is 13.7. The molecule has 2 fully saturated rings. The molecular weight excluding hydrogens is 238 g/mol. The molecule has 0 radical (unpaired) electrons. The summed E-state index contributed by atoms with van der Waals surface area (Å²) in [5.74, 6) is 1.28. The minimum absolute atomic E-state index is 0.0376. The Balaban J connectivity index is 1.88. The lowest BCUT2D eigenvalue weighted by Gasteiger charge is -2.37. The van der Waals surface area contributed by atoms with Crippen LogP contribution >= 0.6 is 0 Å². The summed E-state index contributed by atoms with van der Waals surface area (Å²) in [6, 6.07) is 2.43. The van der Waals surface area contributed by atoms with Crippen molar-refractivity contribution in [1.82, 2.24) is 10.1 Å². The van der Waals surface area contributed by atoms with Crippen LogP contribution in [0.15, 0.2) is 16.7 Å². The highest BCUT2D eigenvalue weighted by Crippen LogP contribution is 2.46. The van der Waals surface area contributed by atoms with Crippen molar-refractivity contribution in [3.05, 3.63) is 23.9 Å². The van der Waals surface area contributed by atoms with Gasteiger partial charge in [-0.15, -0.1) is 0 Å². The molecule has 4 heteroatoms. The molecule has 2 aliphatic rings. The van der Waals surface area contributed by atoms with Gasteiger partial charge in [0.05, 0.1) is 6.07 Å². The predicted octanol–water partition coefficient (Wildman–Crippen LogP) is 3.40. The van der Waals surface area contributed by atoms with Gasteiger partial charge in [-0.1, -0.05) is 43.5 Å². The van der Waals surface area contributed by atoms with Crippen molar-refractivity contribution in [3.63, 3.8) is 0 Å². The molecule has 0 N–H and O–H groups in total. The zero-order valence-corrected chi connectivity index (χ0v) is 11.4. The first-order valence-corrected chi connectivity index (χ1v) is 7.01. The van der Waals surface area contributed by atoms with E-state index in [1.165, 1.54) is 12.0 Å². The molecule has 1 aromatic rings. The molecule has 0 aromatic carbocycles. The van der Waals surface area contributed by atoms with E-state index in [-0.39, 0.29) is 5.41 Å². The van der Waals surface area contributed by atoms with Crippen molar-refractivity contribution in [2.24, 2.45) is 0 Å². The summed E-state index contributed by atoms with van der Waals surface area (Å²) >= 11 is 0. The Morgan fingerprint density at radius 2 is 1.95 bits per heavy atom. The summed E-state index contributed by atoms with van der Waals surface area (Å²) in [6.07, 6.45) is 6.86. The van der Waals surface area contributed by atoms with Gasteiger partial charge in [0.15, 0.2) is 5.82 Å². The number of nitriles is 1. The average molecular weight is 257 g/mol. The van der Waals surface area contributed by atoms with Gasteiger partial charge in [-0.25, -0.2) is 0 Å². The van der Waals surface area contributed by atoms with Crippen LogP contribution in [-0.4, -0.2) is 10.1 Å². The molecule has 1 heterocycles. The van der Waals surface area contributed by atoms with E-state index in [0.717, 1.165) is 44.3 Å². The summed E-state index contributed by atoms with van der Waals surface area (Å²) < 4.78 is 5.44. The highest BCUT2D eigenvalue weighted by molar-refractivity contribution is 5.27. The molecule has 0 amide bonds. The first-order chi connectivity index (χ1) is 9.08. The zero-order chi connectivity index (χ0) is 13.5. The Morgan fingerprint density at radius 1 is 1.26 bits per heavy atom. The molecule has 0 unspecified atom stereocenters. The van der Waals surface area contributed by atoms with Crippen LogP contribution in [0.25, 0.3) is 0 Å². The van der Waals surface area contributed by atoms with Crippen molar-refractivity contribution in [2.75, 3.05) is 0 Å². The molecule has 2 saturated carbocycles. The van der Waals surface area contributed by atoms with Crippen molar-refractivity contribution in [3.8, 4) is 6.07 Å². The predicted molar refractivity (Wildman–Crippen MR) is 70.4 cm³/mol. The average Bonchev–Trinajstić information content (AvgIpc) is 2.88. The molecule has 3 rings (SSSR count). The fraction of sp³-hybridized carbons (Fsp3) is 0.667. The Morgan fingerprint density at radius 3 is 2.53 bits per heavy atom. The van der Waals surface area contributed by atoms with Gasteiger partial charge in [0.1, 0.15) is 5.41 Å². The fourth-order valence-corrected chi connectivity index (χ4v) is 3.40. The molecule has 0 saturated heterocycles. The van der Waals surface area contributed by atoms with Gasteiger partial charge in [-0.2, -0.15) is 10.2 Å². The van der Waals surface area contributed by atoms with Gasteiger partial charge < -0.3 is 4.52 Å². The van der Waals surface area contributed by atoms with E-state index in [9.17, 15) is 5.26 Å². The van der Waals surface area contributed by atoms with E-state index in [4.69, 9.17) is 4.52 Å². The third-order valence-electron chi connectivity index (χ3n) is 4.58. The van der Waals surface area contributed by atoms with Crippen LogP contribution in [0, 0.1) is 11.3 Å². The maximum atomic E-state index is 9.53. The molecule has 4 nitrogen and oxygen atoms in total. The summed E-state index contributed by atoms with van der Waals surface area (Å²) in [7, 11) is 0. The lowest BCUT2D eigenvalue weighted by atomic mass is 9.67. The van der Waals surface area contributed by atoms with E-state index >= 15 is 0 Å². The maximum Gasteiger partial charge on any atom is 0.247 e. The van der Waals surface area contributed by atoms with Gasteiger partial charge in [0.2, 0.25) is 5.89 Å². The highest BCUT2D eigenvalue weighted by Gasteiger charge is 2.44. The van der Waals surface area contributed by atoms with E-state index in [1.54, 1.807) is 0 Å². The first-order valence-electron chi connectivity index (χ1n) is 7.01. The summed E-state index contributed by atoms with van der Waals surface area (Å²) in [6.45, 7) is 6.10. The lowest BCUT2D eigenvalue weighted by Crippen LogP contribution is -2.34. The third kappa shape index (κ3) is 1.88. The number of hydrogen-bond donors (Lipinski definition) is 0. The number of aromatic nitrogens is 2.